The Morgan fingerprint density at radius 2 is 1.87 bits per heavy atom. The molecule has 1 unspecified atom stereocenters. The molecule has 6 nitrogen and oxygen atoms in total. The van der Waals surface area contributed by atoms with Crippen LogP contribution in [0, 0.1) is 0 Å². The summed E-state index contributed by atoms with van der Waals surface area (Å²) in [6.45, 7) is 4.99. The van der Waals surface area contributed by atoms with E-state index < -0.39 is 21.8 Å². The maximum atomic E-state index is 12.8. The molecule has 0 saturated carbocycles. The highest BCUT2D eigenvalue weighted by Gasteiger charge is 2.30. The van der Waals surface area contributed by atoms with Gasteiger partial charge in [0, 0.05) is 33.7 Å². The average molecular weight is 564 g/mol. The first kappa shape index (κ1) is 28.9. The lowest BCUT2D eigenvalue weighted by Crippen LogP contribution is -2.39. The van der Waals surface area contributed by atoms with Gasteiger partial charge in [0.05, 0.1) is 11.3 Å². The van der Waals surface area contributed by atoms with E-state index in [1.54, 1.807) is 27.1 Å². The molecular formula is C19H32F3IN4O2S. The average Bonchev–Trinajstić information content (AvgIpc) is 2.68. The normalized spacial score (nSPS) is 13.7. The highest BCUT2D eigenvalue weighted by molar-refractivity contribution is 14.0. The van der Waals surface area contributed by atoms with E-state index in [2.05, 4.69) is 15.6 Å². The van der Waals surface area contributed by atoms with Gasteiger partial charge in [-0.1, -0.05) is 25.1 Å². The molecule has 0 heterocycles. The Morgan fingerprint density at radius 1 is 1.23 bits per heavy atom. The molecule has 0 amide bonds. The summed E-state index contributed by atoms with van der Waals surface area (Å²) in [5.41, 5.74) is 0.00656. The second kappa shape index (κ2) is 13.4. The molecule has 11 heteroatoms. The Kier molecular flexibility index (Phi) is 12.9. The zero-order valence-electron chi connectivity index (χ0n) is 17.8. The van der Waals surface area contributed by atoms with E-state index in [1.165, 1.54) is 16.4 Å². The zero-order chi connectivity index (χ0) is 22.1. The maximum absolute atomic E-state index is 12.8. The number of alkyl halides is 3. The van der Waals surface area contributed by atoms with Crippen molar-refractivity contribution in [3.05, 3.63) is 35.4 Å². The van der Waals surface area contributed by atoms with Crippen molar-refractivity contribution in [1.82, 2.24) is 14.9 Å². The Labute approximate surface area is 194 Å². The number of aliphatic imine (C=N–C) groups is 1. The minimum atomic E-state index is -4.34. The van der Waals surface area contributed by atoms with Crippen molar-refractivity contribution in [3.8, 4) is 0 Å². The van der Waals surface area contributed by atoms with Gasteiger partial charge in [-0.15, -0.1) is 24.0 Å². The molecule has 0 aliphatic rings. The monoisotopic (exact) mass is 564 g/mol. The number of hydrogen-bond donors (Lipinski definition) is 2. The molecule has 0 aliphatic carbocycles. The third kappa shape index (κ3) is 9.82. The summed E-state index contributed by atoms with van der Waals surface area (Å²) in [5.74, 6) is 0.600. The number of nitrogens with zero attached hydrogens (tertiary/aromatic N) is 2. The van der Waals surface area contributed by atoms with Crippen LogP contribution in [0.15, 0.2) is 29.3 Å². The third-order valence-electron chi connectivity index (χ3n) is 4.66. The number of rotatable bonds is 10. The van der Waals surface area contributed by atoms with Crippen LogP contribution in [0.2, 0.25) is 0 Å². The summed E-state index contributed by atoms with van der Waals surface area (Å²) >= 11 is 0. The third-order valence-corrected chi connectivity index (χ3v) is 6.52. The second-order valence-corrected chi connectivity index (χ2v) is 9.18. The van der Waals surface area contributed by atoms with Gasteiger partial charge in [-0.2, -0.15) is 13.2 Å². The topological polar surface area (TPSA) is 73.8 Å². The van der Waals surface area contributed by atoms with Crippen molar-refractivity contribution in [2.75, 3.05) is 39.5 Å². The van der Waals surface area contributed by atoms with Gasteiger partial charge in [-0.3, -0.25) is 4.99 Å². The van der Waals surface area contributed by atoms with E-state index in [1.807, 2.05) is 6.92 Å². The van der Waals surface area contributed by atoms with Gasteiger partial charge in [-0.05, 0) is 37.3 Å². The summed E-state index contributed by atoms with van der Waals surface area (Å²) in [4.78, 5) is 4.10. The van der Waals surface area contributed by atoms with Crippen molar-refractivity contribution in [2.24, 2.45) is 4.99 Å². The number of benzene rings is 1. The molecule has 0 radical (unpaired) electrons. The number of halogens is 4. The lowest BCUT2D eigenvalue weighted by Gasteiger charge is -2.18. The standard InChI is InChI=1S/C19H31F3N4O2S.HI/c1-5-29(27,28)26(4)13-7-11-24-18(23-3)25-12-10-15(2)16-8-6-9-17(14-16)19(20,21)22;/h6,8-9,14-15H,5,7,10-13H2,1-4H3,(H2,23,24,25);1H. The maximum Gasteiger partial charge on any atom is 0.416 e. The van der Waals surface area contributed by atoms with Crippen LogP contribution in [0.3, 0.4) is 0 Å². The second-order valence-electron chi connectivity index (χ2n) is 6.81. The van der Waals surface area contributed by atoms with Gasteiger partial charge < -0.3 is 10.6 Å². The Balaban J connectivity index is 0.00000841. The van der Waals surface area contributed by atoms with E-state index in [9.17, 15) is 21.6 Å². The summed E-state index contributed by atoms with van der Waals surface area (Å²) in [6.07, 6.45) is -3.08. The first-order chi connectivity index (χ1) is 13.5. The van der Waals surface area contributed by atoms with Crippen molar-refractivity contribution >= 4 is 40.0 Å². The molecule has 1 rings (SSSR count). The van der Waals surface area contributed by atoms with Gasteiger partial charge in [0.25, 0.3) is 0 Å². The summed E-state index contributed by atoms with van der Waals surface area (Å²) in [7, 11) is 0.00320. The molecule has 0 bridgehead atoms. The van der Waals surface area contributed by atoms with Crippen molar-refractivity contribution in [2.45, 2.75) is 38.8 Å². The molecule has 174 valence electrons. The predicted molar refractivity (Wildman–Crippen MR) is 126 cm³/mol. The first-order valence-electron chi connectivity index (χ1n) is 9.57. The molecule has 0 fully saturated rings. The predicted octanol–water partition coefficient (Wildman–Crippen LogP) is 3.65. The molecule has 2 N–H and O–H groups in total. The molecular weight excluding hydrogens is 532 g/mol. The minimum Gasteiger partial charge on any atom is -0.356 e. The van der Waals surface area contributed by atoms with Gasteiger partial charge >= 0.3 is 6.18 Å². The van der Waals surface area contributed by atoms with E-state index in [-0.39, 0.29) is 35.6 Å². The molecule has 0 aromatic heterocycles. The molecule has 1 atom stereocenters. The van der Waals surface area contributed by atoms with Crippen molar-refractivity contribution in [3.63, 3.8) is 0 Å². The van der Waals surface area contributed by atoms with Gasteiger partial charge in [0.2, 0.25) is 10.0 Å². The van der Waals surface area contributed by atoms with E-state index in [4.69, 9.17) is 0 Å². The van der Waals surface area contributed by atoms with Crippen LogP contribution < -0.4 is 10.6 Å². The number of hydrogen-bond acceptors (Lipinski definition) is 3. The summed E-state index contributed by atoms with van der Waals surface area (Å²) < 4.78 is 63.2. The Morgan fingerprint density at radius 3 is 2.43 bits per heavy atom. The number of sulfonamides is 1. The first-order valence-corrected chi connectivity index (χ1v) is 11.2. The fraction of sp³-hybridized carbons (Fsp3) is 0.632. The van der Waals surface area contributed by atoms with Crippen molar-refractivity contribution < 1.29 is 21.6 Å². The Bertz CT molecular complexity index is 773. The van der Waals surface area contributed by atoms with Crippen molar-refractivity contribution in [1.29, 1.82) is 0 Å². The SMILES string of the molecule is CCS(=O)(=O)N(C)CCCNC(=NC)NCCC(C)c1cccc(C(F)(F)F)c1.I. The largest absolute Gasteiger partial charge is 0.416 e. The van der Waals surface area contributed by atoms with E-state index >= 15 is 0 Å². The molecule has 1 aromatic carbocycles. The van der Waals surface area contributed by atoms with E-state index in [0.717, 1.165) is 6.07 Å². The molecule has 0 aliphatic heterocycles. The molecule has 1 aromatic rings. The summed E-state index contributed by atoms with van der Waals surface area (Å²) in [5, 5.41) is 6.23. The summed E-state index contributed by atoms with van der Waals surface area (Å²) in [6, 6.07) is 5.40. The quantitative estimate of drug-likeness (QED) is 0.197. The number of guanidine groups is 1. The highest BCUT2D eigenvalue weighted by Crippen LogP contribution is 2.31. The molecule has 0 saturated heterocycles. The van der Waals surface area contributed by atoms with Crippen LogP contribution in [-0.4, -0.2) is 58.2 Å². The van der Waals surface area contributed by atoms with Crippen LogP contribution >= 0.6 is 24.0 Å². The highest BCUT2D eigenvalue weighted by atomic mass is 127. The fourth-order valence-corrected chi connectivity index (χ4v) is 3.53. The van der Waals surface area contributed by atoms with Gasteiger partial charge in [-0.25, -0.2) is 12.7 Å². The molecule has 30 heavy (non-hydrogen) atoms. The van der Waals surface area contributed by atoms with Crippen LogP contribution in [-0.2, 0) is 16.2 Å². The minimum absolute atomic E-state index is 0. The fourth-order valence-electron chi connectivity index (χ4n) is 2.68. The van der Waals surface area contributed by atoms with Crippen LogP contribution in [0.4, 0.5) is 13.2 Å². The lowest BCUT2D eigenvalue weighted by molar-refractivity contribution is -0.137. The van der Waals surface area contributed by atoms with Crippen LogP contribution in [0.25, 0.3) is 0 Å². The van der Waals surface area contributed by atoms with Gasteiger partial charge in [0.1, 0.15) is 0 Å². The molecule has 0 spiro atoms. The zero-order valence-corrected chi connectivity index (χ0v) is 20.9. The van der Waals surface area contributed by atoms with Gasteiger partial charge in [0.15, 0.2) is 5.96 Å². The lowest BCUT2D eigenvalue weighted by atomic mass is 9.96. The number of nitrogens with one attached hydrogen (secondary N) is 2. The Hall–Kier alpha value is -1.08. The van der Waals surface area contributed by atoms with Crippen LogP contribution in [0.5, 0.6) is 0 Å². The van der Waals surface area contributed by atoms with Crippen LogP contribution in [0.1, 0.15) is 43.7 Å². The smallest absolute Gasteiger partial charge is 0.356 e. The van der Waals surface area contributed by atoms with E-state index in [0.29, 0.717) is 44.0 Å².